The first-order chi connectivity index (χ1) is 5.69. The van der Waals surface area contributed by atoms with Crippen molar-refractivity contribution in [2.24, 2.45) is 5.73 Å². The lowest BCUT2D eigenvalue weighted by molar-refractivity contribution is -0.123. The number of nitrogens with two attached hydrogens (primary N) is 1. The summed E-state index contributed by atoms with van der Waals surface area (Å²) in [6.07, 6.45) is 8.22. The molecule has 0 bridgehead atoms. The number of hydrogen-bond donors (Lipinski definition) is 2. The molecular formula is C9H14N2O. The summed E-state index contributed by atoms with van der Waals surface area (Å²) in [5.74, 6) is 2.49. The summed E-state index contributed by atoms with van der Waals surface area (Å²) in [6.45, 7) is 0.641. The summed E-state index contributed by atoms with van der Waals surface area (Å²) in [7, 11) is 0. The molecule has 0 spiro atoms. The Morgan fingerprint density at radius 3 is 2.83 bits per heavy atom. The second-order valence-corrected chi connectivity index (χ2v) is 3.22. The highest BCUT2D eigenvalue weighted by atomic mass is 16.2. The molecule has 0 radical (unpaired) electrons. The standard InChI is InChI=1S/C9H14N2O/c1-2-3-4-7-11-8(12)9(10)5-6-9/h1H,3-7,10H2,(H,11,12). The lowest BCUT2D eigenvalue weighted by Gasteiger charge is -2.08. The maximum Gasteiger partial charge on any atom is 0.240 e. The first kappa shape index (κ1) is 9.08. The van der Waals surface area contributed by atoms with Gasteiger partial charge in [0.05, 0.1) is 5.54 Å². The molecule has 0 unspecified atom stereocenters. The van der Waals surface area contributed by atoms with E-state index < -0.39 is 5.54 Å². The molecule has 3 nitrogen and oxygen atoms in total. The zero-order valence-electron chi connectivity index (χ0n) is 7.10. The van der Waals surface area contributed by atoms with Crippen molar-refractivity contribution in [2.45, 2.75) is 31.2 Å². The molecular weight excluding hydrogens is 152 g/mol. The fourth-order valence-electron chi connectivity index (χ4n) is 0.930. The van der Waals surface area contributed by atoms with Crippen LogP contribution in [0.4, 0.5) is 0 Å². The number of terminal acetylenes is 1. The van der Waals surface area contributed by atoms with Gasteiger partial charge in [-0.25, -0.2) is 0 Å². The highest BCUT2D eigenvalue weighted by molar-refractivity contribution is 5.88. The van der Waals surface area contributed by atoms with Crippen molar-refractivity contribution in [3.63, 3.8) is 0 Å². The normalized spacial score (nSPS) is 18.0. The fourth-order valence-corrected chi connectivity index (χ4v) is 0.930. The number of carbonyl (C=O) groups excluding carboxylic acids is 1. The van der Waals surface area contributed by atoms with Crippen LogP contribution in [-0.2, 0) is 4.79 Å². The van der Waals surface area contributed by atoms with Gasteiger partial charge in [-0.3, -0.25) is 4.79 Å². The van der Waals surface area contributed by atoms with Gasteiger partial charge in [-0.15, -0.1) is 12.3 Å². The highest BCUT2D eigenvalue weighted by Crippen LogP contribution is 2.31. The first-order valence-corrected chi connectivity index (χ1v) is 4.20. The van der Waals surface area contributed by atoms with Crippen LogP contribution in [0.5, 0.6) is 0 Å². The van der Waals surface area contributed by atoms with Gasteiger partial charge < -0.3 is 11.1 Å². The smallest absolute Gasteiger partial charge is 0.240 e. The molecule has 12 heavy (non-hydrogen) atoms. The first-order valence-electron chi connectivity index (χ1n) is 4.20. The molecule has 0 saturated heterocycles. The number of unbranched alkanes of at least 4 members (excludes halogenated alkanes) is 1. The molecule has 3 N–H and O–H groups in total. The minimum Gasteiger partial charge on any atom is -0.354 e. The van der Waals surface area contributed by atoms with Crippen molar-refractivity contribution in [1.82, 2.24) is 5.32 Å². The molecule has 1 saturated carbocycles. The highest BCUT2D eigenvalue weighted by Gasteiger charge is 2.45. The van der Waals surface area contributed by atoms with Crippen molar-refractivity contribution in [3.8, 4) is 12.3 Å². The van der Waals surface area contributed by atoms with Crippen molar-refractivity contribution in [3.05, 3.63) is 0 Å². The summed E-state index contributed by atoms with van der Waals surface area (Å²) in [4.78, 5) is 11.2. The van der Waals surface area contributed by atoms with Crippen molar-refractivity contribution in [2.75, 3.05) is 6.54 Å². The molecule has 0 aromatic rings. The minimum absolute atomic E-state index is 0.0282. The van der Waals surface area contributed by atoms with E-state index in [1.807, 2.05) is 0 Å². The molecule has 1 amide bonds. The quantitative estimate of drug-likeness (QED) is 0.456. The van der Waals surface area contributed by atoms with E-state index in [9.17, 15) is 4.79 Å². The number of carbonyl (C=O) groups is 1. The second kappa shape index (κ2) is 3.59. The van der Waals surface area contributed by atoms with Crippen LogP contribution in [0, 0.1) is 12.3 Å². The van der Waals surface area contributed by atoms with Crippen LogP contribution in [0.25, 0.3) is 0 Å². The van der Waals surface area contributed by atoms with E-state index >= 15 is 0 Å². The van der Waals surface area contributed by atoms with Gasteiger partial charge in [-0.1, -0.05) is 0 Å². The largest absolute Gasteiger partial charge is 0.354 e. The number of rotatable bonds is 4. The predicted octanol–water partition coefficient (Wildman–Crippen LogP) is 0.00730. The Labute approximate surface area is 72.7 Å². The zero-order chi connectivity index (χ0) is 9.03. The maximum atomic E-state index is 11.2. The van der Waals surface area contributed by atoms with E-state index in [0.29, 0.717) is 13.0 Å². The van der Waals surface area contributed by atoms with Gasteiger partial charge in [0.2, 0.25) is 5.91 Å². The topological polar surface area (TPSA) is 55.1 Å². The maximum absolute atomic E-state index is 11.2. The summed E-state index contributed by atoms with van der Waals surface area (Å²) in [6, 6.07) is 0. The van der Waals surface area contributed by atoms with Crippen LogP contribution in [0.15, 0.2) is 0 Å². The number of hydrogen-bond acceptors (Lipinski definition) is 2. The van der Waals surface area contributed by atoms with E-state index in [1.165, 1.54) is 0 Å². The van der Waals surface area contributed by atoms with Gasteiger partial charge in [0.15, 0.2) is 0 Å². The van der Waals surface area contributed by atoms with Crippen molar-refractivity contribution >= 4 is 5.91 Å². The Bertz CT molecular complexity index is 213. The monoisotopic (exact) mass is 166 g/mol. The lowest BCUT2D eigenvalue weighted by atomic mass is 10.2. The van der Waals surface area contributed by atoms with Crippen LogP contribution in [0.1, 0.15) is 25.7 Å². The third-order valence-electron chi connectivity index (χ3n) is 2.02. The molecule has 0 aromatic heterocycles. The Balaban J connectivity index is 2.08. The molecule has 0 aromatic carbocycles. The van der Waals surface area contributed by atoms with Gasteiger partial charge in [0.1, 0.15) is 0 Å². The Kier molecular flexibility index (Phi) is 2.72. The van der Waals surface area contributed by atoms with E-state index in [4.69, 9.17) is 12.2 Å². The van der Waals surface area contributed by atoms with Gasteiger partial charge in [-0.05, 0) is 19.3 Å². The molecule has 0 aliphatic heterocycles. The molecule has 3 heteroatoms. The Morgan fingerprint density at radius 2 is 2.33 bits per heavy atom. The van der Waals surface area contributed by atoms with Crippen LogP contribution in [0.2, 0.25) is 0 Å². The van der Waals surface area contributed by atoms with E-state index in [-0.39, 0.29) is 5.91 Å². The van der Waals surface area contributed by atoms with Gasteiger partial charge >= 0.3 is 0 Å². The zero-order valence-corrected chi connectivity index (χ0v) is 7.10. The van der Waals surface area contributed by atoms with Gasteiger partial charge in [0, 0.05) is 13.0 Å². The summed E-state index contributed by atoms with van der Waals surface area (Å²) in [5, 5.41) is 2.76. The van der Waals surface area contributed by atoms with Crippen molar-refractivity contribution in [1.29, 1.82) is 0 Å². The summed E-state index contributed by atoms with van der Waals surface area (Å²) < 4.78 is 0. The third-order valence-corrected chi connectivity index (χ3v) is 2.02. The minimum atomic E-state index is -0.545. The number of nitrogens with one attached hydrogen (secondary N) is 1. The van der Waals surface area contributed by atoms with E-state index in [0.717, 1.165) is 19.3 Å². The van der Waals surface area contributed by atoms with E-state index in [2.05, 4.69) is 11.2 Å². The molecule has 0 atom stereocenters. The van der Waals surface area contributed by atoms with Gasteiger partial charge in [0.25, 0.3) is 0 Å². The third kappa shape index (κ3) is 2.24. The van der Waals surface area contributed by atoms with Crippen LogP contribution < -0.4 is 11.1 Å². The van der Waals surface area contributed by atoms with Crippen LogP contribution in [-0.4, -0.2) is 18.0 Å². The molecule has 0 heterocycles. The predicted molar refractivity (Wildman–Crippen MR) is 47.2 cm³/mol. The summed E-state index contributed by atoms with van der Waals surface area (Å²) in [5.41, 5.74) is 5.11. The summed E-state index contributed by atoms with van der Waals surface area (Å²) >= 11 is 0. The Morgan fingerprint density at radius 1 is 1.67 bits per heavy atom. The van der Waals surface area contributed by atoms with E-state index in [1.54, 1.807) is 0 Å². The molecule has 1 aliphatic rings. The lowest BCUT2D eigenvalue weighted by Crippen LogP contribution is -2.42. The molecule has 1 aliphatic carbocycles. The van der Waals surface area contributed by atoms with Crippen LogP contribution >= 0.6 is 0 Å². The van der Waals surface area contributed by atoms with Crippen molar-refractivity contribution < 1.29 is 4.79 Å². The van der Waals surface area contributed by atoms with Gasteiger partial charge in [-0.2, -0.15) is 0 Å². The Hall–Kier alpha value is -1.01. The second-order valence-electron chi connectivity index (χ2n) is 3.22. The molecule has 1 fully saturated rings. The average molecular weight is 166 g/mol. The molecule has 66 valence electrons. The SMILES string of the molecule is C#CCCCNC(=O)C1(N)CC1. The van der Waals surface area contributed by atoms with Crippen LogP contribution in [0.3, 0.4) is 0 Å². The average Bonchev–Trinajstić information content (AvgIpc) is 2.78. The fraction of sp³-hybridized carbons (Fsp3) is 0.667. The molecule has 1 rings (SSSR count). The number of amides is 1.